The molecule has 0 aliphatic carbocycles. The van der Waals surface area contributed by atoms with Crippen molar-refractivity contribution in [1.82, 2.24) is 19.5 Å². The molecule has 1 aliphatic heterocycles. The van der Waals surface area contributed by atoms with Gasteiger partial charge >= 0.3 is 0 Å². The molecule has 138 valence electrons. The standard InChI is InChI=1S/C19H24N4O2S/c1-3-15-20-19-23(21-15)18(25)17(26-19)16(13-6-4-12(2)5-7-13)22-10-8-14(24)9-11-22/h4-7,14,16,24-25H,3,8-11H2,1-2H3. The lowest BCUT2D eigenvalue weighted by Crippen LogP contribution is -2.38. The van der Waals surface area contributed by atoms with Crippen LogP contribution < -0.4 is 0 Å². The highest BCUT2D eigenvalue weighted by Crippen LogP contribution is 2.40. The van der Waals surface area contributed by atoms with Crippen molar-refractivity contribution in [2.45, 2.75) is 45.3 Å². The van der Waals surface area contributed by atoms with E-state index < -0.39 is 0 Å². The monoisotopic (exact) mass is 372 g/mol. The fourth-order valence-electron chi connectivity index (χ4n) is 3.54. The lowest BCUT2D eigenvalue weighted by Gasteiger charge is -2.36. The molecule has 3 heterocycles. The topological polar surface area (TPSA) is 73.9 Å². The zero-order valence-corrected chi connectivity index (χ0v) is 15.9. The van der Waals surface area contributed by atoms with E-state index in [2.05, 4.69) is 46.2 Å². The van der Waals surface area contributed by atoms with Gasteiger partial charge in [-0.1, -0.05) is 48.1 Å². The minimum absolute atomic E-state index is 0.0540. The van der Waals surface area contributed by atoms with Crippen LogP contribution in [0.3, 0.4) is 0 Å². The molecule has 26 heavy (non-hydrogen) atoms. The van der Waals surface area contributed by atoms with Crippen LogP contribution in [0.15, 0.2) is 24.3 Å². The van der Waals surface area contributed by atoms with Gasteiger partial charge in [0.1, 0.15) is 0 Å². The molecular weight excluding hydrogens is 348 g/mol. The van der Waals surface area contributed by atoms with Crippen molar-refractivity contribution >= 4 is 16.3 Å². The minimum atomic E-state index is -0.229. The number of hydrogen-bond donors (Lipinski definition) is 2. The molecule has 7 heteroatoms. The number of likely N-dealkylation sites (tertiary alicyclic amines) is 1. The molecule has 1 fully saturated rings. The molecule has 1 unspecified atom stereocenters. The highest BCUT2D eigenvalue weighted by Gasteiger charge is 2.31. The Balaban J connectivity index is 1.78. The molecule has 0 radical (unpaired) electrons. The molecular formula is C19H24N4O2S. The number of rotatable bonds is 4. The van der Waals surface area contributed by atoms with Gasteiger partial charge in [0.2, 0.25) is 10.8 Å². The summed E-state index contributed by atoms with van der Waals surface area (Å²) < 4.78 is 1.55. The molecule has 2 N–H and O–H groups in total. The number of aromatic nitrogens is 3. The number of hydrogen-bond acceptors (Lipinski definition) is 6. The zero-order valence-electron chi connectivity index (χ0n) is 15.1. The first-order chi connectivity index (χ1) is 12.6. The molecule has 0 saturated carbocycles. The van der Waals surface area contributed by atoms with Gasteiger partial charge in [0.25, 0.3) is 0 Å². The predicted molar refractivity (Wildman–Crippen MR) is 102 cm³/mol. The fourth-order valence-corrected chi connectivity index (χ4v) is 4.68. The molecule has 0 bridgehead atoms. The summed E-state index contributed by atoms with van der Waals surface area (Å²) in [4.78, 5) is 8.44. The van der Waals surface area contributed by atoms with Crippen LogP contribution in [0.2, 0.25) is 0 Å². The Bertz CT molecular complexity index is 894. The number of benzene rings is 1. The van der Waals surface area contributed by atoms with Crippen LogP contribution in [0.4, 0.5) is 0 Å². The third-order valence-electron chi connectivity index (χ3n) is 5.07. The molecule has 1 atom stereocenters. The van der Waals surface area contributed by atoms with Crippen LogP contribution in [0.1, 0.15) is 47.6 Å². The Morgan fingerprint density at radius 2 is 1.92 bits per heavy atom. The normalized spacial score (nSPS) is 17.8. The van der Waals surface area contributed by atoms with Gasteiger partial charge in [0.15, 0.2) is 5.82 Å². The van der Waals surface area contributed by atoms with E-state index >= 15 is 0 Å². The molecule has 3 aromatic rings. The van der Waals surface area contributed by atoms with E-state index in [1.807, 2.05) is 6.92 Å². The molecule has 2 aromatic heterocycles. The average Bonchev–Trinajstić information content (AvgIpc) is 3.18. The number of piperidine rings is 1. The van der Waals surface area contributed by atoms with E-state index in [0.29, 0.717) is 0 Å². The first-order valence-electron chi connectivity index (χ1n) is 9.12. The van der Waals surface area contributed by atoms with Gasteiger partial charge in [-0.2, -0.15) is 4.52 Å². The lowest BCUT2D eigenvalue weighted by molar-refractivity contribution is 0.0689. The fraction of sp³-hybridized carbons (Fsp3) is 0.474. The van der Waals surface area contributed by atoms with Gasteiger partial charge in [-0.15, -0.1) is 5.10 Å². The maximum Gasteiger partial charge on any atom is 0.230 e. The largest absolute Gasteiger partial charge is 0.492 e. The summed E-state index contributed by atoms with van der Waals surface area (Å²) in [6.07, 6.45) is 2.02. The van der Waals surface area contributed by atoms with E-state index in [9.17, 15) is 10.2 Å². The predicted octanol–water partition coefficient (Wildman–Crippen LogP) is 2.91. The van der Waals surface area contributed by atoms with E-state index in [4.69, 9.17) is 0 Å². The van der Waals surface area contributed by atoms with Gasteiger partial charge in [-0.3, -0.25) is 4.90 Å². The van der Waals surface area contributed by atoms with Crippen molar-refractivity contribution in [3.63, 3.8) is 0 Å². The summed E-state index contributed by atoms with van der Waals surface area (Å²) >= 11 is 1.50. The van der Waals surface area contributed by atoms with Gasteiger partial charge in [-0.05, 0) is 25.3 Å². The Morgan fingerprint density at radius 1 is 1.23 bits per heavy atom. The van der Waals surface area contributed by atoms with Crippen LogP contribution in [0.25, 0.3) is 4.96 Å². The molecule has 4 rings (SSSR count). The maximum atomic E-state index is 10.9. The van der Waals surface area contributed by atoms with Gasteiger partial charge < -0.3 is 10.2 Å². The number of aliphatic hydroxyl groups is 1. The van der Waals surface area contributed by atoms with Crippen molar-refractivity contribution in [2.24, 2.45) is 0 Å². The molecule has 6 nitrogen and oxygen atoms in total. The van der Waals surface area contributed by atoms with Crippen LogP contribution in [-0.4, -0.2) is 48.9 Å². The minimum Gasteiger partial charge on any atom is -0.492 e. The summed E-state index contributed by atoms with van der Waals surface area (Å²) in [6, 6.07) is 8.39. The Hall–Kier alpha value is -1.96. The maximum absolute atomic E-state index is 10.9. The number of nitrogens with zero attached hydrogens (tertiary/aromatic N) is 4. The van der Waals surface area contributed by atoms with Crippen molar-refractivity contribution in [1.29, 1.82) is 0 Å². The van der Waals surface area contributed by atoms with Crippen LogP contribution in [0, 0.1) is 6.92 Å². The third kappa shape index (κ3) is 3.11. The first kappa shape index (κ1) is 17.5. The highest BCUT2D eigenvalue weighted by atomic mass is 32.1. The van der Waals surface area contributed by atoms with Crippen molar-refractivity contribution in [2.75, 3.05) is 13.1 Å². The first-order valence-corrected chi connectivity index (χ1v) is 9.94. The summed E-state index contributed by atoms with van der Waals surface area (Å²) in [5.41, 5.74) is 2.35. The summed E-state index contributed by atoms with van der Waals surface area (Å²) in [5, 5.41) is 25.2. The Morgan fingerprint density at radius 3 is 2.54 bits per heavy atom. The zero-order chi connectivity index (χ0) is 18.3. The number of aliphatic hydroxyl groups excluding tert-OH is 1. The van der Waals surface area contributed by atoms with E-state index in [1.165, 1.54) is 16.9 Å². The summed E-state index contributed by atoms with van der Waals surface area (Å²) in [5.74, 6) is 0.917. The lowest BCUT2D eigenvalue weighted by atomic mass is 9.98. The number of fused-ring (bicyclic) bond motifs is 1. The highest BCUT2D eigenvalue weighted by molar-refractivity contribution is 7.17. The van der Waals surface area contributed by atoms with E-state index in [1.54, 1.807) is 4.52 Å². The van der Waals surface area contributed by atoms with Gasteiger partial charge in [-0.25, -0.2) is 4.98 Å². The third-order valence-corrected chi connectivity index (χ3v) is 6.14. The molecule has 0 spiro atoms. The van der Waals surface area contributed by atoms with Crippen LogP contribution in [0.5, 0.6) is 5.88 Å². The Labute approximate surface area is 156 Å². The van der Waals surface area contributed by atoms with E-state index in [0.717, 1.165) is 53.6 Å². The second-order valence-electron chi connectivity index (χ2n) is 6.95. The van der Waals surface area contributed by atoms with Gasteiger partial charge in [0.05, 0.1) is 17.0 Å². The van der Waals surface area contributed by atoms with Crippen molar-refractivity contribution < 1.29 is 10.2 Å². The smallest absolute Gasteiger partial charge is 0.230 e. The van der Waals surface area contributed by atoms with Crippen LogP contribution in [-0.2, 0) is 6.42 Å². The number of thiazole rings is 1. The molecule has 1 saturated heterocycles. The molecule has 1 aliphatic rings. The van der Waals surface area contributed by atoms with Crippen LogP contribution >= 0.6 is 11.3 Å². The number of aryl methyl sites for hydroxylation is 2. The number of aromatic hydroxyl groups is 1. The summed E-state index contributed by atoms with van der Waals surface area (Å²) in [7, 11) is 0. The molecule has 1 aromatic carbocycles. The van der Waals surface area contributed by atoms with Gasteiger partial charge in [0, 0.05) is 19.5 Å². The average molecular weight is 372 g/mol. The van der Waals surface area contributed by atoms with Crippen molar-refractivity contribution in [3.8, 4) is 5.88 Å². The quantitative estimate of drug-likeness (QED) is 0.737. The SMILES string of the molecule is CCc1nc2sc(C(c3ccc(C)cc3)N3CCC(O)CC3)c(O)n2n1. The second kappa shape index (κ2) is 6.98. The van der Waals surface area contributed by atoms with E-state index in [-0.39, 0.29) is 18.0 Å². The molecule has 0 amide bonds. The summed E-state index contributed by atoms with van der Waals surface area (Å²) in [6.45, 7) is 5.68. The second-order valence-corrected chi connectivity index (χ2v) is 7.96. The van der Waals surface area contributed by atoms with Crippen molar-refractivity contribution in [3.05, 3.63) is 46.1 Å². The Kier molecular flexibility index (Phi) is 4.69.